The quantitative estimate of drug-likeness (QED) is 0.649. The molecule has 0 saturated carbocycles. The van der Waals surface area contributed by atoms with Gasteiger partial charge in [-0.15, -0.1) is 0 Å². The lowest BCUT2D eigenvalue weighted by atomic mass is 10.1. The average molecular weight is 412 g/mol. The van der Waals surface area contributed by atoms with Crippen molar-refractivity contribution in [2.24, 2.45) is 0 Å². The molecular formula is C23H31N4OS+. The number of hydrogen-bond acceptors (Lipinski definition) is 4. The Morgan fingerprint density at radius 2 is 1.72 bits per heavy atom. The fraction of sp³-hybridized carbons (Fsp3) is 0.391. The minimum Gasteiger partial charge on any atom is -0.378 e. The topological polar surface area (TPSA) is 40.9 Å². The summed E-state index contributed by atoms with van der Waals surface area (Å²) >= 11 is 1.60. The highest BCUT2D eigenvalue weighted by atomic mass is 32.1. The Morgan fingerprint density at radius 1 is 1.07 bits per heavy atom. The molecule has 5 nitrogen and oxygen atoms in total. The second kappa shape index (κ2) is 8.93. The molecule has 154 valence electrons. The third kappa shape index (κ3) is 4.95. The number of carbonyl (C=O) groups excluding carboxylic acids is 1. The Balaban J connectivity index is 1.94. The molecule has 2 aromatic carbocycles. The van der Waals surface area contributed by atoms with Crippen LogP contribution in [0.15, 0.2) is 36.4 Å². The van der Waals surface area contributed by atoms with Gasteiger partial charge in [0.25, 0.3) is 5.91 Å². The fourth-order valence-corrected chi connectivity index (χ4v) is 4.29. The molecule has 3 aromatic rings. The molecule has 0 bridgehead atoms. The Morgan fingerprint density at radius 3 is 2.34 bits per heavy atom. The summed E-state index contributed by atoms with van der Waals surface area (Å²) in [6.45, 7) is 5.88. The van der Waals surface area contributed by atoms with Crippen LogP contribution < -0.4 is 14.7 Å². The number of aromatic nitrogens is 1. The Kier molecular flexibility index (Phi) is 6.55. The zero-order valence-corrected chi connectivity index (χ0v) is 19.1. The molecule has 0 saturated heterocycles. The van der Waals surface area contributed by atoms with Crippen LogP contribution in [0.5, 0.6) is 0 Å². The zero-order valence-electron chi connectivity index (χ0n) is 18.2. The number of nitrogens with one attached hydrogen (secondary N) is 1. The van der Waals surface area contributed by atoms with E-state index in [4.69, 9.17) is 4.98 Å². The van der Waals surface area contributed by atoms with Crippen molar-refractivity contribution < 1.29 is 9.69 Å². The number of carbonyl (C=O) groups is 1. The number of nitrogens with zero attached hydrogens (tertiary/aromatic N) is 3. The predicted molar refractivity (Wildman–Crippen MR) is 124 cm³/mol. The van der Waals surface area contributed by atoms with Crippen LogP contribution in [0, 0.1) is 13.8 Å². The third-order valence-electron chi connectivity index (χ3n) is 5.16. The number of aryl methyl sites for hydroxylation is 2. The first kappa shape index (κ1) is 21.3. The van der Waals surface area contributed by atoms with E-state index < -0.39 is 0 Å². The van der Waals surface area contributed by atoms with E-state index in [1.807, 2.05) is 48.2 Å². The summed E-state index contributed by atoms with van der Waals surface area (Å²) in [5.41, 5.74) is 5.21. The summed E-state index contributed by atoms with van der Waals surface area (Å²) in [6, 6.07) is 12.1. The molecule has 0 radical (unpaired) electrons. The molecule has 3 rings (SSSR count). The lowest BCUT2D eigenvalue weighted by Gasteiger charge is -2.21. The van der Waals surface area contributed by atoms with E-state index >= 15 is 0 Å². The van der Waals surface area contributed by atoms with Crippen molar-refractivity contribution in [1.82, 2.24) is 4.98 Å². The molecule has 0 unspecified atom stereocenters. The zero-order chi connectivity index (χ0) is 21.1. The van der Waals surface area contributed by atoms with Crippen molar-refractivity contribution in [1.29, 1.82) is 0 Å². The van der Waals surface area contributed by atoms with Crippen LogP contribution in [0.3, 0.4) is 0 Å². The van der Waals surface area contributed by atoms with E-state index in [0.717, 1.165) is 34.0 Å². The Bertz CT molecular complexity index is 953. The van der Waals surface area contributed by atoms with Crippen molar-refractivity contribution in [2.45, 2.75) is 20.3 Å². The molecule has 29 heavy (non-hydrogen) atoms. The molecule has 1 aromatic heterocycles. The number of fused-ring (bicyclic) bond motifs is 1. The molecule has 0 atom stereocenters. The van der Waals surface area contributed by atoms with Gasteiger partial charge in [0.15, 0.2) is 5.13 Å². The van der Waals surface area contributed by atoms with Gasteiger partial charge in [-0.1, -0.05) is 11.3 Å². The van der Waals surface area contributed by atoms with E-state index in [2.05, 4.69) is 40.1 Å². The van der Waals surface area contributed by atoms with Gasteiger partial charge in [0.2, 0.25) is 0 Å². The second-order valence-electron chi connectivity index (χ2n) is 8.11. The number of rotatable bonds is 7. The molecule has 6 heteroatoms. The fourth-order valence-electron chi connectivity index (χ4n) is 3.22. The van der Waals surface area contributed by atoms with Gasteiger partial charge in [-0.2, -0.15) is 0 Å². The number of quaternary nitrogens is 1. The second-order valence-corrected chi connectivity index (χ2v) is 9.12. The molecule has 0 aliphatic rings. The summed E-state index contributed by atoms with van der Waals surface area (Å²) in [5.74, 6) is 0.0107. The highest BCUT2D eigenvalue weighted by Gasteiger charge is 2.22. The summed E-state index contributed by atoms with van der Waals surface area (Å²) in [7, 11) is 8.26. The largest absolute Gasteiger partial charge is 0.378 e. The minimum atomic E-state index is 0.0107. The SMILES string of the molecule is Cc1cc2nc(N(CCC[NH+](C)C)C(=O)c3ccc(N(C)C)cc3)sc2cc1C. The highest BCUT2D eigenvalue weighted by molar-refractivity contribution is 7.22. The van der Waals surface area contributed by atoms with Gasteiger partial charge in [-0.3, -0.25) is 9.69 Å². The van der Waals surface area contributed by atoms with E-state index in [1.54, 1.807) is 11.3 Å². The first-order valence-corrected chi connectivity index (χ1v) is 10.8. The lowest BCUT2D eigenvalue weighted by molar-refractivity contribution is -0.858. The molecule has 1 heterocycles. The minimum absolute atomic E-state index is 0.0107. The lowest BCUT2D eigenvalue weighted by Crippen LogP contribution is -3.05. The van der Waals surface area contributed by atoms with Crippen LogP contribution >= 0.6 is 11.3 Å². The summed E-state index contributed by atoms with van der Waals surface area (Å²) in [4.78, 5) is 23.5. The standard InChI is InChI=1S/C23H30N4OS/c1-16-14-20-21(15-17(16)2)29-23(24-20)27(13-7-12-25(3)4)22(28)18-8-10-19(11-9-18)26(5)6/h8-11,14-15H,7,12-13H2,1-6H3/p+1. The first-order chi connectivity index (χ1) is 13.8. The van der Waals surface area contributed by atoms with Crippen molar-refractivity contribution in [3.05, 3.63) is 53.1 Å². The van der Waals surface area contributed by atoms with Crippen molar-refractivity contribution in [2.75, 3.05) is 51.1 Å². The van der Waals surface area contributed by atoms with E-state index in [9.17, 15) is 4.79 Å². The van der Waals surface area contributed by atoms with Gasteiger partial charge in [0.1, 0.15) is 0 Å². The molecule has 0 fully saturated rings. The van der Waals surface area contributed by atoms with Gasteiger partial charge in [0, 0.05) is 38.3 Å². The van der Waals surface area contributed by atoms with Crippen molar-refractivity contribution in [3.63, 3.8) is 0 Å². The van der Waals surface area contributed by atoms with Crippen LogP contribution in [-0.2, 0) is 0 Å². The summed E-state index contributed by atoms with van der Waals surface area (Å²) < 4.78 is 1.13. The number of anilines is 2. The molecule has 0 aliphatic heterocycles. The molecule has 0 spiro atoms. The first-order valence-electron chi connectivity index (χ1n) is 10.0. The van der Waals surface area contributed by atoms with Crippen LogP contribution in [-0.4, -0.2) is 52.2 Å². The van der Waals surface area contributed by atoms with E-state index in [-0.39, 0.29) is 5.91 Å². The van der Waals surface area contributed by atoms with Crippen LogP contribution in [0.4, 0.5) is 10.8 Å². The maximum absolute atomic E-state index is 13.4. The van der Waals surface area contributed by atoms with Crippen LogP contribution in [0.2, 0.25) is 0 Å². The van der Waals surface area contributed by atoms with Gasteiger partial charge in [-0.05, 0) is 61.4 Å². The number of benzene rings is 2. The van der Waals surface area contributed by atoms with Gasteiger partial charge >= 0.3 is 0 Å². The molecule has 1 N–H and O–H groups in total. The number of amides is 1. The normalized spacial score (nSPS) is 11.3. The molecule has 1 amide bonds. The smallest absolute Gasteiger partial charge is 0.260 e. The van der Waals surface area contributed by atoms with Crippen LogP contribution in [0.25, 0.3) is 10.2 Å². The third-order valence-corrected chi connectivity index (χ3v) is 6.20. The number of hydrogen-bond donors (Lipinski definition) is 1. The van der Waals surface area contributed by atoms with Crippen LogP contribution in [0.1, 0.15) is 27.9 Å². The van der Waals surface area contributed by atoms with Crippen molar-refractivity contribution >= 4 is 38.3 Å². The maximum Gasteiger partial charge on any atom is 0.260 e. The van der Waals surface area contributed by atoms with Crippen molar-refractivity contribution in [3.8, 4) is 0 Å². The maximum atomic E-state index is 13.4. The molecule has 0 aliphatic carbocycles. The Labute approximate surface area is 177 Å². The monoisotopic (exact) mass is 411 g/mol. The average Bonchev–Trinajstić information content (AvgIpc) is 3.07. The van der Waals surface area contributed by atoms with Gasteiger partial charge < -0.3 is 9.80 Å². The van der Waals surface area contributed by atoms with E-state index in [0.29, 0.717) is 12.1 Å². The summed E-state index contributed by atoms with van der Waals surface area (Å²) in [6.07, 6.45) is 0.928. The predicted octanol–water partition coefficient (Wildman–Crippen LogP) is 3.16. The number of thiazole rings is 1. The highest BCUT2D eigenvalue weighted by Crippen LogP contribution is 2.31. The molecular weight excluding hydrogens is 380 g/mol. The van der Waals surface area contributed by atoms with E-state index in [1.165, 1.54) is 16.0 Å². The Hall–Kier alpha value is -2.44. The van der Waals surface area contributed by atoms with Gasteiger partial charge in [0.05, 0.1) is 30.9 Å². The van der Waals surface area contributed by atoms with Gasteiger partial charge in [-0.25, -0.2) is 4.98 Å². The summed E-state index contributed by atoms with van der Waals surface area (Å²) in [5, 5.41) is 0.778.